The van der Waals surface area contributed by atoms with Crippen LogP contribution < -0.4 is 0 Å². The molecule has 1 saturated carbocycles. The SMILES string of the molecule is Cc1noc(C)c1S(=O)(=O)N1C[C@@H](CF)[C@H](c2nc(C3CCCCC3)n[nH]2)C1. The first kappa shape index (κ1) is 19.5. The van der Waals surface area contributed by atoms with Crippen LogP contribution in [0.5, 0.6) is 0 Å². The molecular weight excluding hydrogens is 385 g/mol. The topological polar surface area (TPSA) is 105 Å². The number of alkyl halides is 1. The molecule has 2 atom stereocenters. The molecule has 2 fully saturated rings. The van der Waals surface area contributed by atoms with Gasteiger partial charge in [0, 0.05) is 30.8 Å². The minimum atomic E-state index is -3.81. The minimum absolute atomic E-state index is 0.0752. The molecule has 8 nitrogen and oxygen atoms in total. The molecule has 1 saturated heterocycles. The minimum Gasteiger partial charge on any atom is -0.360 e. The third kappa shape index (κ3) is 3.36. The van der Waals surface area contributed by atoms with Gasteiger partial charge in [0.25, 0.3) is 0 Å². The van der Waals surface area contributed by atoms with Gasteiger partial charge in [-0.1, -0.05) is 24.4 Å². The highest BCUT2D eigenvalue weighted by atomic mass is 32.2. The predicted octanol–water partition coefficient (Wildman–Crippen LogP) is 2.83. The van der Waals surface area contributed by atoms with Gasteiger partial charge < -0.3 is 4.52 Å². The van der Waals surface area contributed by atoms with E-state index in [1.54, 1.807) is 13.8 Å². The molecule has 0 radical (unpaired) electrons. The van der Waals surface area contributed by atoms with E-state index in [9.17, 15) is 12.8 Å². The lowest BCUT2D eigenvalue weighted by Gasteiger charge is -2.18. The van der Waals surface area contributed by atoms with Crippen molar-refractivity contribution in [2.75, 3.05) is 19.8 Å². The van der Waals surface area contributed by atoms with Crippen LogP contribution in [0.4, 0.5) is 4.39 Å². The Bertz CT molecular complexity index is 915. The smallest absolute Gasteiger partial charge is 0.248 e. The molecule has 3 heterocycles. The lowest BCUT2D eigenvalue weighted by atomic mass is 9.89. The van der Waals surface area contributed by atoms with Crippen molar-refractivity contribution in [1.29, 1.82) is 0 Å². The summed E-state index contributed by atoms with van der Waals surface area (Å²) in [6.45, 7) is 2.82. The number of H-pyrrole nitrogens is 1. The average molecular weight is 412 g/mol. The molecule has 1 aliphatic carbocycles. The third-order valence-electron chi connectivity index (χ3n) is 6.01. The number of aromatic amines is 1. The maximum absolute atomic E-state index is 13.7. The maximum atomic E-state index is 13.7. The van der Waals surface area contributed by atoms with Crippen LogP contribution in [0.25, 0.3) is 0 Å². The summed E-state index contributed by atoms with van der Waals surface area (Å²) in [6, 6.07) is 0. The Hall–Kier alpha value is -1.81. The highest BCUT2D eigenvalue weighted by Gasteiger charge is 2.43. The van der Waals surface area contributed by atoms with Crippen molar-refractivity contribution in [1.82, 2.24) is 24.6 Å². The predicted molar refractivity (Wildman–Crippen MR) is 99.2 cm³/mol. The first-order valence-electron chi connectivity index (χ1n) is 9.83. The van der Waals surface area contributed by atoms with Gasteiger partial charge in [-0.15, -0.1) is 0 Å². The number of nitrogens with zero attached hydrogens (tertiary/aromatic N) is 4. The normalized spacial score (nSPS) is 24.8. The van der Waals surface area contributed by atoms with Crippen LogP contribution in [-0.4, -0.2) is 52.8 Å². The monoisotopic (exact) mass is 411 g/mol. The second-order valence-corrected chi connectivity index (χ2v) is 9.78. The van der Waals surface area contributed by atoms with Gasteiger partial charge >= 0.3 is 0 Å². The van der Waals surface area contributed by atoms with E-state index in [1.165, 1.54) is 23.6 Å². The third-order valence-corrected chi connectivity index (χ3v) is 8.09. The molecule has 2 aromatic heterocycles. The fourth-order valence-electron chi connectivity index (χ4n) is 4.46. The molecule has 4 rings (SSSR count). The second-order valence-electron chi connectivity index (χ2n) is 7.91. The summed E-state index contributed by atoms with van der Waals surface area (Å²) in [5.41, 5.74) is 0.317. The summed E-state index contributed by atoms with van der Waals surface area (Å²) in [6.07, 6.45) is 5.74. The number of nitrogens with one attached hydrogen (secondary N) is 1. The van der Waals surface area contributed by atoms with Crippen molar-refractivity contribution >= 4 is 10.0 Å². The lowest BCUT2D eigenvalue weighted by Crippen LogP contribution is -2.30. The van der Waals surface area contributed by atoms with Gasteiger partial charge in [-0.05, 0) is 26.7 Å². The van der Waals surface area contributed by atoms with Crippen LogP contribution in [0, 0.1) is 19.8 Å². The number of halogens is 1. The van der Waals surface area contributed by atoms with Crippen molar-refractivity contribution in [3.63, 3.8) is 0 Å². The van der Waals surface area contributed by atoms with Crippen LogP contribution in [0.15, 0.2) is 9.42 Å². The Labute approximate surface area is 163 Å². The second kappa shape index (κ2) is 7.55. The van der Waals surface area contributed by atoms with Crippen LogP contribution in [0.1, 0.15) is 67.0 Å². The molecule has 0 amide bonds. The Morgan fingerprint density at radius 2 is 1.96 bits per heavy atom. The summed E-state index contributed by atoms with van der Waals surface area (Å²) >= 11 is 0. The van der Waals surface area contributed by atoms with Gasteiger partial charge in [0.05, 0.1) is 6.67 Å². The van der Waals surface area contributed by atoms with Crippen molar-refractivity contribution in [2.24, 2.45) is 5.92 Å². The number of sulfonamides is 1. The van der Waals surface area contributed by atoms with Gasteiger partial charge in [0.15, 0.2) is 11.6 Å². The zero-order valence-corrected chi connectivity index (χ0v) is 17.0. The van der Waals surface area contributed by atoms with E-state index in [4.69, 9.17) is 4.52 Å². The van der Waals surface area contributed by atoms with E-state index in [0.29, 0.717) is 17.4 Å². The molecule has 2 aromatic rings. The molecule has 0 unspecified atom stereocenters. The van der Waals surface area contributed by atoms with Gasteiger partial charge in [-0.3, -0.25) is 9.49 Å². The molecule has 1 aliphatic heterocycles. The summed E-state index contributed by atoms with van der Waals surface area (Å²) in [5.74, 6) is 1.15. The molecule has 0 bridgehead atoms. The highest BCUT2D eigenvalue weighted by Crippen LogP contribution is 2.37. The first-order valence-corrected chi connectivity index (χ1v) is 11.3. The van der Waals surface area contributed by atoms with E-state index in [1.807, 2.05) is 0 Å². The zero-order valence-electron chi connectivity index (χ0n) is 16.2. The highest BCUT2D eigenvalue weighted by molar-refractivity contribution is 7.89. The van der Waals surface area contributed by atoms with Crippen LogP contribution in [0.2, 0.25) is 0 Å². The van der Waals surface area contributed by atoms with Gasteiger partial charge in [0.2, 0.25) is 10.0 Å². The summed E-state index contributed by atoms with van der Waals surface area (Å²) < 4.78 is 46.2. The van der Waals surface area contributed by atoms with E-state index in [-0.39, 0.29) is 29.7 Å². The van der Waals surface area contributed by atoms with E-state index in [2.05, 4.69) is 20.3 Å². The standard InChI is InChI=1S/C18H26FN5O3S/c1-11-16(12(2)27-23-11)28(25,26)24-9-14(8-19)15(10-24)18-20-17(21-22-18)13-6-4-3-5-7-13/h13-15H,3-10H2,1-2H3,(H,20,21,22)/t14-,15-/m1/s1. The molecular formula is C18H26FN5O3S. The quantitative estimate of drug-likeness (QED) is 0.811. The van der Waals surface area contributed by atoms with Crippen LogP contribution >= 0.6 is 0 Å². The number of aromatic nitrogens is 4. The number of aryl methyl sites for hydroxylation is 2. The van der Waals surface area contributed by atoms with Gasteiger partial charge in [-0.2, -0.15) is 9.40 Å². The Morgan fingerprint density at radius 1 is 1.21 bits per heavy atom. The molecule has 154 valence electrons. The van der Waals surface area contributed by atoms with Gasteiger partial charge in [0.1, 0.15) is 16.4 Å². The molecule has 0 spiro atoms. The van der Waals surface area contributed by atoms with Crippen LogP contribution in [-0.2, 0) is 10.0 Å². The van der Waals surface area contributed by atoms with Crippen LogP contribution in [0.3, 0.4) is 0 Å². The maximum Gasteiger partial charge on any atom is 0.248 e. The Morgan fingerprint density at radius 3 is 2.61 bits per heavy atom. The fraction of sp³-hybridized carbons (Fsp3) is 0.722. The van der Waals surface area contributed by atoms with E-state index < -0.39 is 22.6 Å². The Kier molecular flexibility index (Phi) is 5.26. The van der Waals surface area contributed by atoms with Gasteiger partial charge in [-0.25, -0.2) is 13.4 Å². The largest absolute Gasteiger partial charge is 0.360 e. The summed E-state index contributed by atoms with van der Waals surface area (Å²) in [7, 11) is -3.81. The lowest BCUT2D eigenvalue weighted by molar-refractivity contribution is 0.345. The molecule has 1 N–H and O–H groups in total. The van der Waals surface area contributed by atoms with E-state index >= 15 is 0 Å². The molecule has 0 aromatic carbocycles. The average Bonchev–Trinajstić information content (AvgIpc) is 3.40. The molecule has 2 aliphatic rings. The molecule has 10 heteroatoms. The van der Waals surface area contributed by atoms with E-state index in [0.717, 1.165) is 18.7 Å². The fourth-order valence-corrected chi connectivity index (χ4v) is 6.28. The van der Waals surface area contributed by atoms with Crippen molar-refractivity contribution < 1.29 is 17.3 Å². The van der Waals surface area contributed by atoms with Crippen molar-refractivity contribution in [2.45, 2.75) is 62.7 Å². The first-order chi connectivity index (χ1) is 13.4. The summed E-state index contributed by atoms with van der Waals surface area (Å²) in [5, 5.41) is 11.1. The number of rotatable bonds is 5. The zero-order chi connectivity index (χ0) is 19.9. The number of hydrogen-bond donors (Lipinski definition) is 1. The Balaban J connectivity index is 1.57. The van der Waals surface area contributed by atoms with Crippen molar-refractivity contribution in [3.05, 3.63) is 23.1 Å². The summed E-state index contributed by atoms with van der Waals surface area (Å²) in [4.78, 5) is 4.72. The van der Waals surface area contributed by atoms with Crippen molar-refractivity contribution in [3.8, 4) is 0 Å². The number of hydrogen-bond acceptors (Lipinski definition) is 6. The molecule has 28 heavy (non-hydrogen) atoms.